The third-order valence-electron chi connectivity index (χ3n) is 0.394. The summed E-state index contributed by atoms with van der Waals surface area (Å²) in [5.41, 5.74) is 5.10. The molecule has 3 N–H and O–H groups in total. The van der Waals surface area contributed by atoms with Gasteiger partial charge in [-0.15, -0.1) is 0 Å². The van der Waals surface area contributed by atoms with E-state index in [1.807, 2.05) is 0 Å². The number of nitrogens with two attached hydrogens (primary N) is 1. The lowest BCUT2D eigenvalue weighted by Crippen LogP contribution is -2.18. The van der Waals surface area contributed by atoms with Gasteiger partial charge in [-0.3, -0.25) is 0 Å². The highest BCUT2D eigenvalue weighted by Crippen LogP contribution is 1.35. The monoisotopic (exact) mass is 88.1 g/mol. The number of hydrogen-bond acceptors (Lipinski definition) is 2. The Labute approximate surface area is 40.4 Å². The maximum atomic E-state index is 5.10. The maximum Gasteiger partial charge on any atom is 0.318 e. The Morgan fingerprint density at radius 1 is 1.80 bits per heavy atom. The number of rotatable bonds is 2. The standard InChI is InChI=1S/C2H7N2.Al.2H/c3-1-2-4;;;/h3H,1-2,4H2;;;/q-1;+1;;. The van der Waals surface area contributed by atoms with E-state index in [0.29, 0.717) is 0 Å². The fourth-order valence-corrected chi connectivity index (χ4v) is 0.433. The highest BCUT2D eigenvalue weighted by molar-refractivity contribution is 6.04. The molecule has 0 radical (unpaired) electrons. The van der Waals surface area contributed by atoms with E-state index in [0.717, 1.165) is 29.6 Å². The minimum atomic E-state index is 0.767. The van der Waals surface area contributed by atoms with Crippen LogP contribution >= 0.6 is 0 Å². The molecule has 0 saturated heterocycles. The van der Waals surface area contributed by atoms with Crippen molar-refractivity contribution >= 4 is 16.5 Å². The molecule has 30 valence electrons. The average molecular weight is 88.1 g/mol. The average Bonchev–Trinajstić information content (AvgIpc) is 1.41. The van der Waals surface area contributed by atoms with E-state index < -0.39 is 0 Å². The zero-order valence-electron chi connectivity index (χ0n) is 3.49. The summed E-state index contributed by atoms with van der Waals surface area (Å²) in [6, 6.07) is 0. The van der Waals surface area contributed by atoms with E-state index in [-0.39, 0.29) is 0 Å². The normalized spacial score (nSPS) is 8.20. The van der Waals surface area contributed by atoms with Crippen LogP contribution in [0.2, 0.25) is 0 Å². The van der Waals surface area contributed by atoms with Crippen molar-refractivity contribution in [3.05, 3.63) is 0 Å². The molecular formula is C2H9AlN2. The fourth-order valence-electron chi connectivity index (χ4n) is 0.144. The van der Waals surface area contributed by atoms with Crippen molar-refractivity contribution in [1.82, 2.24) is 4.30 Å². The summed E-state index contributed by atoms with van der Waals surface area (Å²) in [5, 5.41) is 0. The molecule has 0 fully saturated rings. The smallest absolute Gasteiger partial charge is 0.318 e. The fraction of sp³-hybridized carbons (Fsp3) is 1.00. The van der Waals surface area contributed by atoms with E-state index in [4.69, 9.17) is 5.73 Å². The first-order valence-corrected chi connectivity index (χ1v) is 2.76. The van der Waals surface area contributed by atoms with Gasteiger partial charge in [0.15, 0.2) is 0 Å². The van der Waals surface area contributed by atoms with Crippen LogP contribution in [-0.4, -0.2) is 29.6 Å². The summed E-state index contributed by atoms with van der Waals surface area (Å²) in [6.07, 6.45) is 0. The Kier molecular flexibility index (Phi) is 4.86. The topological polar surface area (TPSA) is 38.0 Å². The van der Waals surface area contributed by atoms with Crippen molar-refractivity contribution in [1.29, 1.82) is 0 Å². The van der Waals surface area contributed by atoms with Crippen LogP contribution in [0.4, 0.5) is 0 Å². The van der Waals surface area contributed by atoms with E-state index in [1.165, 1.54) is 0 Å². The molecule has 0 aromatic rings. The predicted octanol–water partition coefficient (Wildman–Crippen LogP) is -1.92. The van der Waals surface area contributed by atoms with Crippen LogP contribution in [0.25, 0.3) is 0 Å². The zero-order valence-corrected chi connectivity index (χ0v) is 5.49. The Balaban J connectivity index is 2.19. The summed E-state index contributed by atoms with van der Waals surface area (Å²) < 4.78 is 3.03. The molecule has 0 heterocycles. The molecule has 0 aliphatic heterocycles. The van der Waals surface area contributed by atoms with Crippen molar-refractivity contribution < 1.29 is 0 Å². The lowest BCUT2D eigenvalue weighted by atomic mass is 10.7. The molecular weight excluding hydrogens is 79.0 g/mol. The highest BCUT2D eigenvalue weighted by Gasteiger charge is 1.65. The molecule has 3 heteroatoms. The lowest BCUT2D eigenvalue weighted by Gasteiger charge is -1.85. The third-order valence-corrected chi connectivity index (χ3v) is 0.894. The van der Waals surface area contributed by atoms with E-state index in [1.54, 1.807) is 0 Å². The van der Waals surface area contributed by atoms with Gasteiger partial charge in [0.2, 0.25) is 0 Å². The second kappa shape index (κ2) is 4.45. The Morgan fingerprint density at radius 3 is 2.40 bits per heavy atom. The summed E-state index contributed by atoms with van der Waals surface area (Å²) >= 11 is 1.07. The molecule has 5 heavy (non-hydrogen) atoms. The first-order chi connectivity index (χ1) is 2.41. The van der Waals surface area contributed by atoms with Gasteiger partial charge in [0.1, 0.15) is 0 Å². The molecule has 0 spiro atoms. The predicted molar refractivity (Wildman–Crippen MR) is 25.6 cm³/mol. The molecule has 0 atom stereocenters. The van der Waals surface area contributed by atoms with Gasteiger partial charge < -0.3 is 10.0 Å². The van der Waals surface area contributed by atoms with Crippen molar-refractivity contribution in [2.75, 3.05) is 13.1 Å². The Bertz CT molecular complexity index is 15.1. The summed E-state index contributed by atoms with van der Waals surface area (Å²) in [5.74, 6) is 0. The SMILES string of the molecule is NCC[NH][AlH2]. The first-order valence-electron chi connectivity index (χ1n) is 1.76. The van der Waals surface area contributed by atoms with Crippen LogP contribution in [0.5, 0.6) is 0 Å². The maximum absolute atomic E-state index is 5.10. The van der Waals surface area contributed by atoms with E-state index >= 15 is 0 Å². The van der Waals surface area contributed by atoms with Crippen molar-refractivity contribution in [3.8, 4) is 0 Å². The van der Waals surface area contributed by atoms with Gasteiger partial charge in [-0.2, -0.15) is 0 Å². The van der Waals surface area contributed by atoms with Gasteiger partial charge in [-0.1, -0.05) is 0 Å². The number of nitrogens with one attached hydrogen (secondary N) is 1. The van der Waals surface area contributed by atoms with Gasteiger partial charge >= 0.3 is 16.5 Å². The van der Waals surface area contributed by atoms with Gasteiger partial charge in [-0.25, -0.2) is 0 Å². The molecule has 0 aromatic carbocycles. The van der Waals surface area contributed by atoms with Gasteiger partial charge in [-0.05, 0) is 6.54 Å². The molecule has 0 aliphatic carbocycles. The van der Waals surface area contributed by atoms with Crippen LogP contribution in [0.1, 0.15) is 0 Å². The second-order valence-corrected chi connectivity index (χ2v) is 1.60. The molecule has 0 saturated carbocycles. The molecule has 0 unspecified atom stereocenters. The van der Waals surface area contributed by atoms with Gasteiger partial charge in [0.25, 0.3) is 0 Å². The van der Waals surface area contributed by atoms with Gasteiger partial charge in [0.05, 0.1) is 0 Å². The largest absolute Gasteiger partial charge is 0.403 e. The third kappa shape index (κ3) is 4.45. The van der Waals surface area contributed by atoms with Crippen LogP contribution in [0.3, 0.4) is 0 Å². The van der Waals surface area contributed by atoms with Crippen LogP contribution < -0.4 is 10.0 Å². The van der Waals surface area contributed by atoms with E-state index in [2.05, 4.69) is 4.30 Å². The highest BCUT2D eigenvalue weighted by atomic mass is 27.1. The molecule has 0 amide bonds. The Morgan fingerprint density at radius 2 is 2.40 bits per heavy atom. The van der Waals surface area contributed by atoms with Crippen molar-refractivity contribution in [2.24, 2.45) is 5.73 Å². The van der Waals surface area contributed by atoms with Crippen molar-refractivity contribution in [3.63, 3.8) is 0 Å². The minimum absolute atomic E-state index is 0.767. The number of hydrogen-bond donors (Lipinski definition) is 2. The lowest BCUT2D eigenvalue weighted by molar-refractivity contribution is 0.908. The molecule has 0 rings (SSSR count). The van der Waals surface area contributed by atoms with Crippen LogP contribution in [0, 0.1) is 0 Å². The molecule has 2 nitrogen and oxygen atoms in total. The molecule has 0 aromatic heterocycles. The van der Waals surface area contributed by atoms with E-state index in [9.17, 15) is 0 Å². The molecule has 0 aliphatic rings. The quantitative estimate of drug-likeness (QED) is 0.386. The van der Waals surface area contributed by atoms with Crippen LogP contribution in [0.15, 0.2) is 0 Å². The Hall–Kier alpha value is 0.452. The van der Waals surface area contributed by atoms with Crippen molar-refractivity contribution in [2.45, 2.75) is 0 Å². The molecule has 0 bridgehead atoms. The summed E-state index contributed by atoms with van der Waals surface area (Å²) in [7, 11) is 0. The first kappa shape index (κ1) is 5.45. The minimum Gasteiger partial charge on any atom is -0.403 e. The summed E-state index contributed by atoms with van der Waals surface area (Å²) in [4.78, 5) is 0. The van der Waals surface area contributed by atoms with Crippen LogP contribution in [-0.2, 0) is 0 Å². The zero-order chi connectivity index (χ0) is 4.12. The van der Waals surface area contributed by atoms with Gasteiger partial charge in [0, 0.05) is 6.54 Å². The second-order valence-electron chi connectivity index (χ2n) is 0.892. The summed E-state index contributed by atoms with van der Waals surface area (Å²) in [6.45, 7) is 1.75.